The van der Waals surface area contributed by atoms with E-state index in [0.717, 1.165) is 11.0 Å². The summed E-state index contributed by atoms with van der Waals surface area (Å²) >= 11 is 6.36. The smallest absolute Gasteiger partial charge is 0.240 e. The highest BCUT2D eigenvalue weighted by molar-refractivity contribution is 7.89. The summed E-state index contributed by atoms with van der Waals surface area (Å²) in [7, 11) is -0.174. The fourth-order valence-electron chi connectivity index (χ4n) is 3.22. The molecule has 0 spiro atoms. The zero-order valence-electron chi connectivity index (χ0n) is 17.5. The van der Waals surface area contributed by atoms with Crippen molar-refractivity contribution in [2.45, 2.75) is 4.90 Å². The van der Waals surface area contributed by atoms with Gasteiger partial charge in [-0.15, -0.1) is 0 Å². The van der Waals surface area contributed by atoms with Crippen molar-refractivity contribution >= 4 is 46.4 Å². The van der Waals surface area contributed by atoms with Crippen molar-refractivity contribution in [1.82, 2.24) is 19.3 Å². The van der Waals surface area contributed by atoms with E-state index in [2.05, 4.69) is 15.1 Å². The summed E-state index contributed by atoms with van der Waals surface area (Å²) in [6, 6.07) is 15.5. The van der Waals surface area contributed by atoms with Crippen LogP contribution in [0, 0.1) is 0 Å². The fourth-order valence-corrected chi connectivity index (χ4v) is 4.48. The van der Waals surface area contributed by atoms with Gasteiger partial charge in [-0.25, -0.2) is 18.1 Å². The lowest BCUT2D eigenvalue weighted by Crippen LogP contribution is -2.29. The molecule has 0 bridgehead atoms. The Morgan fingerprint density at radius 1 is 1.12 bits per heavy atom. The van der Waals surface area contributed by atoms with Gasteiger partial charge < -0.3 is 10.1 Å². The molecule has 0 atom stereocenters. The molecule has 0 saturated heterocycles. The topological polar surface area (TPSA) is 97.6 Å². The van der Waals surface area contributed by atoms with Crippen molar-refractivity contribution < 1.29 is 13.2 Å². The third-order valence-corrected chi connectivity index (χ3v) is 6.70. The van der Waals surface area contributed by atoms with Crippen LogP contribution in [0.3, 0.4) is 0 Å². The Hall–Kier alpha value is -3.08. The van der Waals surface area contributed by atoms with E-state index in [0.29, 0.717) is 34.5 Å². The Kier molecular flexibility index (Phi) is 6.36. The molecule has 4 aromatic rings. The Labute approximate surface area is 192 Å². The second-order valence-corrected chi connectivity index (χ2v) is 9.24. The quantitative estimate of drug-likeness (QED) is 0.301. The molecule has 0 saturated carbocycles. The molecule has 0 unspecified atom stereocenters. The Morgan fingerprint density at radius 3 is 2.59 bits per heavy atom. The van der Waals surface area contributed by atoms with Crippen molar-refractivity contribution in [1.29, 1.82) is 0 Å². The maximum absolute atomic E-state index is 12.5. The van der Waals surface area contributed by atoms with Crippen molar-refractivity contribution in [2.24, 2.45) is 0 Å². The molecule has 0 aliphatic rings. The van der Waals surface area contributed by atoms with E-state index in [1.807, 2.05) is 38.2 Å². The van der Waals surface area contributed by atoms with Crippen LogP contribution >= 0.6 is 11.6 Å². The molecule has 0 aliphatic carbocycles. The molecular formula is C21H21BClN5O3S. The molecule has 4 rings (SSSR count). The molecule has 0 amide bonds. The lowest BCUT2D eigenvalue weighted by atomic mass is 10.0. The van der Waals surface area contributed by atoms with Crippen LogP contribution in [0.5, 0.6) is 5.75 Å². The number of fused-ring (bicyclic) bond motifs is 1. The molecule has 164 valence electrons. The summed E-state index contributed by atoms with van der Waals surface area (Å²) in [6.07, 6.45) is 1.73. The molecule has 11 heteroatoms. The van der Waals surface area contributed by atoms with Gasteiger partial charge in [0.05, 0.1) is 17.7 Å². The average molecular weight is 470 g/mol. The lowest BCUT2D eigenvalue weighted by Gasteiger charge is -2.12. The molecular weight excluding hydrogens is 449 g/mol. The number of sulfonamides is 1. The number of anilines is 1. The van der Waals surface area contributed by atoms with Crippen LogP contribution in [-0.2, 0) is 10.0 Å². The van der Waals surface area contributed by atoms with Gasteiger partial charge in [-0.05, 0) is 35.8 Å². The zero-order valence-corrected chi connectivity index (χ0v) is 19.1. The van der Waals surface area contributed by atoms with Gasteiger partial charge in [0.15, 0.2) is 5.65 Å². The van der Waals surface area contributed by atoms with Gasteiger partial charge in [0, 0.05) is 35.9 Å². The summed E-state index contributed by atoms with van der Waals surface area (Å²) in [6.45, 7) is 0.523. The van der Waals surface area contributed by atoms with Gasteiger partial charge in [0.25, 0.3) is 0 Å². The monoisotopic (exact) mass is 469 g/mol. The highest BCUT2D eigenvalue weighted by Crippen LogP contribution is 2.28. The minimum absolute atomic E-state index is 0.174. The van der Waals surface area contributed by atoms with E-state index in [-0.39, 0.29) is 11.4 Å². The number of hydrogen-bond acceptors (Lipinski definition) is 6. The zero-order chi connectivity index (χ0) is 22.7. The number of halogens is 1. The number of methoxy groups -OCH3 is 1. The van der Waals surface area contributed by atoms with E-state index in [1.165, 1.54) is 19.2 Å². The SMILES string of the molecule is Bc1cnn2c(NCCNS(=O)(=O)c3ccc(OC)cc3)cc(-c3ccccc3Cl)nc12. The van der Waals surface area contributed by atoms with Gasteiger partial charge in [-0.1, -0.05) is 29.8 Å². The highest BCUT2D eigenvalue weighted by Gasteiger charge is 2.15. The number of rotatable bonds is 8. The summed E-state index contributed by atoms with van der Waals surface area (Å²) in [5.74, 6) is 1.28. The Balaban J connectivity index is 1.51. The highest BCUT2D eigenvalue weighted by atomic mass is 35.5. The first-order chi connectivity index (χ1) is 15.4. The summed E-state index contributed by atoms with van der Waals surface area (Å²) in [4.78, 5) is 4.88. The number of hydrogen-bond donors (Lipinski definition) is 2. The van der Waals surface area contributed by atoms with Crippen molar-refractivity contribution in [2.75, 3.05) is 25.5 Å². The van der Waals surface area contributed by atoms with Crippen LogP contribution in [0.15, 0.2) is 65.7 Å². The van der Waals surface area contributed by atoms with Gasteiger partial charge in [0.1, 0.15) is 19.4 Å². The van der Waals surface area contributed by atoms with Gasteiger partial charge in [-0.3, -0.25) is 0 Å². The van der Waals surface area contributed by atoms with Crippen molar-refractivity contribution in [3.8, 4) is 17.0 Å². The minimum atomic E-state index is -3.63. The second-order valence-electron chi connectivity index (χ2n) is 7.07. The molecule has 32 heavy (non-hydrogen) atoms. The Morgan fingerprint density at radius 2 is 1.88 bits per heavy atom. The van der Waals surface area contributed by atoms with E-state index in [4.69, 9.17) is 21.3 Å². The molecule has 0 fully saturated rings. The minimum Gasteiger partial charge on any atom is -0.497 e. The van der Waals surface area contributed by atoms with Crippen LogP contribution in [0.25, 0.3) is 16.9 Å². The molecule has 2 aromatic heterocycles. The number of nitrogens with zero attached hydrogens (tertiary/aromatic N) is 3. The van der Waals surface area contributed by atoms with E-state index in [9.17, 15) is 8.42 Å². The van der Waals surface area contributed by atoms with Gasteiger partial charge in [-0.2, -0.15) is 9.61 Å². The van der Waals surface area contributed by atoms with E-state index in [1.54, 1.807) is 22.8 Å². The summed E-state index contributed by atoms with van der Waals surface area (Å²) in [5.41, 5.74) is 3.12. The molecule has 8 nitrogen and oxygen atoms in total. The number of aromatic nitrogens is 3. The van der Waals surface area contributed by atoms with Crippen LogP contribution in [-0.4, -0.2) is 51.1 Å². The summed E-state index contributed by atoms with van der Waals surface area (Å²) in [5, 5.41) is 8.22. The standard InChI is InChI=1S/C21H21BClN5O3S/c1-31-14-6-8-15(9-7-14)32(29,30)26-11-10-24-20-12-19(16-4-2-3-5-18(16)23)27-21-17(22)13-25-28(20)21/h2-9,12-13,24,26H,10-11,22H2,1H3. The maximum Gasteiger partial charge on any atom is 0.240 e. The van der Waals surface area contributed by atoms with Gasteiger partial charge in [0.2, 0.25) is 10.0 Å². The van der Waals surface area contributed by atoms with E-state index >= 15 is 0 Å². The second kappa shape index (κ2) is 9.19. The number of nitrogens with one attached hydrogen (secondary N) is 2. The predicted molar refractivity (Wildman–Crippen MR) is 128 cm³/mol. The molecule has 2 heterocycles. The first-order valence-electron chi connectivity index (χ1n) is 9.87. The first kappa shape index (κ1) is 22.1. The van der Waals surface area contributed by atoms with Crippen LogP contribution < -0.4 is 20.2 Å². The predicted octanol–water partition coefficient (Wildman–Crippen LogP) is 1.71. The average Bonchev–Trinajstić information content (AvgIpc) is 3.18. The van der Waals surface area contributed by atoms with Crippen LogP contribution in [0.4, 0.5) is 5.82 Å². The van der Waals surface area contributed by atoms with E-state index < -0.39 is 10.0 Å². The summed E-state index contributed by atoms with van der Waals surface area (Å²) < 4.78 is 34.4. The van der Waals surface area contributed by atoms with Crippen LogP contribution in [0.1, 0.15) is 0 Å². The Bertz CT molecular complexity index is 1360. The molecule has 0 radical (unpaired) electrons. The number of ether oxygens (including phenoxy) is 1. The van der Waals surface area contributed by atoms with Crippen LogP contribution in [0.2, 0.25) is 5.02 Å². The molecule has 2 aromatic carbocycles. The van der Waals surface area contributed by atoms with Crippen molar-refractivity contribution in [3.05, 3.63) is 65.8 Å². The number of benzene rings is 2. The third kappa shape index (κ3) is 4.57. The molecule has 0 aliphatic heterocycles. The third-order valence-electron chi connectivity index (χ3n) is 4.89. The largest absolute Gasteiger partial charge is 0.497 e. The fraction of sp³-hybridized carbons (Fsp3) is 0.143. The first-order valence-corrected chi connectivity index (χ1v) is 11.7. The normalized spacial score (nSPS) is 11.6. The lowest BCUT2D eigenvalue weighted by molar-refractivity contribution is 0.414. The maximum atomic E-state index is 12.5. The van der Waals surface area contributed by atoms with Gasteiger partial charge >= 0.3 is 0 Å². The van der Waals surface area contributed by atoms with Crippen molar-refractivity contribution in [3.63, 3.8) is 0 Å². The molecule has 2 N–H and O–H groups in total.